The quantitative estimate of drug-likeness (QED) is 0.0981. The van der Waals surface area contributed by atoms with E-state index >= 15 is 0 Å². The van der Waals surface area contributed by atoms with E-state index in [1.807, 2.05) is 182 Å². The Kier molecular flexibility index (Phi) is 23.8. The molecule has 0 aromatic heterocycles. The molecule has 0 aliphatic carbocycles. The van der Waals surface area contributed by atoms with Crippen molar-refractivity contribution in [2.75, 3.05) is 33.4 Å². The van der Waals surface area contributed by atoms with Crippen molar-refractivity contribution in [2.45, 2.75) is 57.4 Å². The van der Waals surface area contributed by atoms with E-state index in [-0.39, 0.29) is 66.9 Å². The van der Waals surface area contributed by atoms with Gasteiger partial charge in [0.1, 0.15) is 12.1 Å². The summed E-state index contributed by atoms with van der Waals surface area (Å²) < 4.78 is 16.8. The second kappa shape index (κ2) is 28.8. The average Bonchev–Trinajstić information content (AvgIpc) is 3.99. The third-order valence-corrected chi connectivity index (χ3v) is 12.1. The molecule has 0 radical (unpaired) electrons. The van der Waals surface area contributed by atoms with Gasteiger partial charge in [0, 0.05) is 24.9 Å². The van der Waals surface area contributed by atoms with Gasteiger partial charge in [-0.15, -0.1) is 0 Å². The van der Waals surface area contributed by atoms with Crippen molar-refractivity contribution < 1.29 is 68.3 Å². The molecule has 8 rings (SSSR count). The van der Waals surface area contributed by atoms with Crippen molar-refractivity contribution in [1.82, 2.24) is 9.80 Å². The molecule has 0 bridgehead atoms. The van der Waals surface area contributed by atoms with Crippen LogP contribution in [0.3, 0.4) is 0 Å². The molecule has 2 saturated heterocycles. The zero-order chi connectivity index (χ0) is 45.4. The number of methoxy groups -OCH3 is 1. The minimum absolute atomic E-state index is 0. The molecule has 69 heavy (non-hydrogen) atoms. The zero-order valence-corrected chi connectivity index (χ0v) is 38.6. The van der Waals surface area contributed by atoms with Crippen molar-refractivity contribution in [2.24, 2.45) is 11.8 Å². The summed E-state index contributed by atoms with van der Waals surface area (Å²) in [4.78, 5) is 55.5. The van der Waals surface area contributed by atoms with E-state index in [0.29, 0.717) is 52.4 Å². The predicted octanol–water partition coefficient (Wildman–Crippen LogP) is 5.40. The van der Waals surface area contributed by atoms with Crippen LogP contribution < -0.4 is 18.9 Å². The van der Waals surface area contributed by atoms with E-state index in [9.17, 15) is 24.3 Å². The van der Waals surface area contributed by atoms with Crippen LogP contribution in [0.5, 0.6) is 0 Å². The van der Waals surface area contributed by atoms with E-state index < -0.39 is 29.9 Å². The second-order valence-electron chi connectivity index (χ2n) is 16.6. The summed E-state index contributed by atoms with van der Waals surface area (Å²) in [5.74, 6) is -2.59. The third kappa shape index (κ3) is 15.3. The Morgan fingerprint density at radius 2 is 0.812 bits per heavy atom. The van der Waals surface area contributed by atoms with Crippen molar-refractivity contribution in [1.29, 1.82) is 0 Å². The van der Waals surface area contributed by atoms with Gasteiger partial charge in [-0.25, -0.2) is 9.59 Å². The molecule has 0 saturated carbocycles. The van der Waals surface area contributed by atoms with E-state index in [1.54, 1.807) is 4.90 Å². The molecule has 6 aromatic carbocycles. The number of esters is 1. The number of carboxylic acid groups (broad SMARTS) is 1. The van der Waals surface area contributed by atoms with E-state index in [1.165, 1.54) is 12.0 Å². The largest absolute Gasteiger partial charge is 1.00 e. The number of nitrogens with zero attached hydrogens (tertiary/aromatic N) is 2. The number of ether oxygens (including phenoxy) is 3. The minimum atomic E-state index is -0.969. The van der Waals surface area contributed by atoms with Gasteiger partial charge in [0.05, 0.1) is 45.4 Å². The Labute approximate surface area is 418 Å². The summed E-state index contributed by atoms with van der Waals surface area (Å²) in [6.45, 7) is 2.71. The van der Waals surface area contributed by atoms with Crippen LogP contribution in [0, 0.1) is 11.8 Å². The van der Waals surface area contributed by atoms with Crippen molar-refractivity contribution in [3.8, 4) is 0 Å². The van der Waals surface area contributed by atoms with Gasteiger partial charge in [-0.3, -0.25) is 9.59 Å². The summed E-state index contributed by atoms with van der Waals surface area (Å²) in [6.07, 6.45) is 0.926. The first-order chi connectivity index (χ1) is 31.8. The number of carbonyl (C=O) groups is 4. The molecule has 2 aliphatic rings. The van der Waals surface area contributed by atoms with Crippen molar-refractivity contribution >= 4 is 23.8 Å². The van der Waals surface area contributed by atoms with Crippen LogP contribution in [0.1, 0.15) is 65.5 Å². The molecule has 0 spiro atoms. The zero-order valence-electron chi connectivity index (χ0n) is 38.6. The van der Waals surface area contributed by atoms with Crippen LogP contribution in [0.4, 0.5) is 0 Å². The standard InChI is InChI=1S/C28H29NO4.C27H27NO4.CH4.Li.2H2O/c1-32-28(31)25-17-22(20-33-19-21-11-5-2-6-12-21)18-29(25)27(30)26(23-13-7-3-8-14-23)24-15-9-4-10-16-24;29-26(25(22-12-6-2-7-13-22)23-14-8-3-9-15-23)28-17-21(16-24(28)27(30)31)19-32-18-20-10-4-1-5-11-20;;;;/h2-16,22,25-26H,17-20H2,1H3;1-15,21,24-25H,16-19H2,(H,30,31);1H4;;2*1H2/q;;;+1;;/p-1/t22-,25-;21-,24-;;;;/m00..../s1. The molecule has 4 N–H and O–H groups in total. The number of likely N-dealkylation sites (tertiary alicyclic amines) is 2. The SMILES string of the molecule is C.COC(=O)[C@@H]1C[C@H](COCc2ccccc2)CN1C(=O)C(c1ccccc1)c1ccccc1.O.O=C(O)[C@@H]1C[C@H](COCc2ccccc2)CN1C(=O)C(c1ccccc1)c1ccccc1.[Li+].[OH-]. The molecule has 13 heteroatoms. The van der Waals surface area contributed by atoms with Crippen LogP contribution in [0.2, 0.25) is 0 Å². The van der Waals surface area contributed by atoms with Gasteiger partial charge in [0.15, 0.2) is 0 Å². The molecule has 2 heterocycles. The van der Waals surface area contributed by atoms with Gasteiger partial charge >= 0.3 is 30.8 Å². The minimum Gasteiger partial charge on any atom is -0.870 e. The number of carboxylic acids is 1. The number of amides is 2. The Morgan fingerprint density at radius 3 is 1.12 bits per heavy atom. The fourth-order valence-corrected chi connectivity index (χ4v) is 8.87. The maximum absolute atomic E-state index is 13.9. The first kappa shape index (κ1) is 57.0. The molecule has 0 unspecified atom stereocenters. The van der Waals surface area contributed by atoms with Crippen molar-refractivity contribution in [3.05, 3.63) is 215 Å². The van der Waals surface area contributed by atoms with Gasteiger partial charge in [0.25, 0.3) is 0 Å². The van der Waals surface area contributed by atoms with Gasteiger partial charge in [-0.1, -0.05) is 189 Å². The summed E-state index contributed by atoms with van der Waals surface area (Å²) in [5, 5.41) is 9.84. The molecule has 6 aromatic rings. The molecule has 2 amide bonds. The fraction of sp³-hybridized carbons (Fsp3) is 0.286. The summed E-state index contributed by atoms with van der Waals surface area (Å²) in [7, 11) is 1.37. The number of rotatable bonds is 16. The Morgan fingerprint density at radius 1 is 0.522 bits per heavy atom. The van der Waals surface area contributed by atoms with Crippen LogP contribution >= 0.6 is 0 Å². The van der Waals surface area contributed by atoms with Crippen LogP contribution in [-0.2, 0) is 46.6 Å². The normalized spacial score (nSPS) is 16.9. The number of carbonyl (C=O) groups excluding carboxylic acids is 3. The topological polar surface area (TPSA) is 184 Å². The van der Waals surface area contributed by atoms with Crippen LogP contribution in [0.25, 0.3) is 0 Å². The number of aliphatic carboxylic acids is 1. The van der Waals surface area contributed by atoms with Crippen LogP contribution in [-0.4, -0.2) is 95.1 Å². The Balaban J connectivity index is 0.000000345. The summed E-state index contributed by atoms with van der Waals surface area (Å²) in [6, 6.07) is 56.9. The summed E-state index contributed by atoms with van der Waals surface area (Å²) >= 11 is 0. The first-order valence-corrected chi connectivity index (χ1v) is 22.1. The van der Waals surface area contributed by atoms with E-state index in [0.717, 1.165) is 33.4 Å². The van der Waals surface area contributed by atoms with Crippen molar-refractivity contribution in [3.63, 3.8) is 0 Å². The van der Waals surface area contributed by atoms with Gasteiger partial charge in [-0.2, -0.15) is 0 Å². The van der Waals surface area contributed by atoms with E-state index in [2.05, 4.69) is 0 Å². The predicted molar refractivity (Wildman–Crippen MR) is 261 cm³/mol. The van der Waals surface area contributed by atoms with Crippen LogP contribution in [0.15, 0.2) is 182 Å². The summed E-state index contributed by atoms with van der Waals surface area (Å²) in [5.41, 5.74) is 5.69. The number of hydrogen-bond donors (Lipinski definition) is 1. The number of benzene rings is 6. The number of hydrogen-bond acceptors (Lipinski definition) is 8. The molecular formula is C56H63LiN2O10. The monoisotopic (exact) mass is 930 g/mol. The fourth-order valence-electron chi connectivity index (χ4n) is 8.87. The van der Waals surface area contributed by atoms with Gasteiger partial charge in [0.2, 0.25) is 11.8 Å². The van der Waals surface area contributed by atoms with Gasteiger partial charge in [-0.05, 0) is 46.2 Å². The molecule has 358 valence electrons. The van der Waals surface area contributed by atoms with Gasteiger partial charge < -0.3 is 40.1 Å². The maximum Gasteiger partial charge on any atom is 1.00 e. The Hall–Kier alpha value is -6.36. The maximum atomic E-state index is 13.9. The molecule has 4 atom stereocenters. The molecule has 2 fully saturated rings. The molecular weight excluding hydrogens is 868 g/mol. The smallest absolute Gasteiger partial charge is 0.870 e. The third-order valence-electron chi connectivity index (χ3n) is 12.1. The first-order valence-electron chi connectivity index (χ1n) is 22.1. The Bertz CT molecular complexity index is 2340. The molecule has 2 aliphatic heterocycles. The molecule has 12 nitrogen and oxygen atoms in total. The average molecular weight is 931 g/mol. The second-order valence-corrected chi connectivity index (χ2v) is 16.6. The van der Waals surface area contributed by atoms with E-state index in [4.69, 9.17) is 14.2 Å².